The normalized spacial score (nSPS) is 12.8. The van der Waals surface area contributed by atoms with Gasteiger partial charge in [-0.2, -0.15) is 0 Å². The maximum Gasteiger partial charge on any atom is 0.305 e. The highest BCUT2D eigenvalue weighted by Crippen LogP contribution is 2.18. The largest absolute Gasteiger partial charge is 0.466 e. The maximum absolute atomic E-state index is 12.5. The molecule has 0 fully saturated rings. The molecule has 0 saturated carbocycles. The van der Waals surface area contributed by atoms with E-state index in [1.165, 1.54) is 270 Å². The van der Waals surface area contributed by atoms with Crippen molar-refractivity contribution in [3.05, 3.63) is 36.5 Å². The van der Waals surface area contributed by atoms with Crippen molar-refractivity contribution in [2.75, 3.05) is 13.2 Å². The molecule has 0 heterocycles. The monoisotopic (exact) mass is 1010 g/mol. The third-order valence-electron chi connectivity index (χ3n) is 14.9. The molecule has 424 valence electrons. The van der Waals surface area contributed by atoms with Crippen LogP contribution in [0, 0.1) is 0 Å². The van der Waals surface area contributed by atoms with Crippen molar-refractivity contribution < 1.29 is 24.5 Å². The van der Waals surface area contributed by atoms with Gasteiger partial charge in [0.25, 0.3) is 0 Å². The van der Waals surface area contributed by atoms with E-state index in [9.17, 15) is 19.8 Å². The van der Waals surface area contributed by atoms with Crippen molar-refractivity contribution in [3.8, 4) is 0 Å². The van der Waals surface area contributed by atoms with Crippen LogP contribution in [0.15, 0.2) is 36.5 Å². The Hall–Kier alpha value is -1.92. The van der Waals surface area contributed by atoms with E-state index in [-0.39, 0.29) is 18.5 Å². The zero-order chi connectivity index (χ0) is 52.2. The number of aliphatic hydroxyl groups excluding tert-OH is 2. The van der Waals surface area contributed by atoms with Gasteiger partial charge in [0, 0.05) is 12.8 Å². The molecule has 3 N–H and O–H groups in total. The number of hydrogen-bond acceptors (Lipinski definition) is 5. The lowest BCUT2D eigenvalue weighted by atomic mass is 10.0. The number of carbonyl (C=O) groups is 2. The van der Waals surface area contributed by atoms with Gasteiger partial charge >= 0.3 is 5.97 Å². The van der Waals surface area contributed by atoms with Gasteiger partial charge in [0.2, 0.25) is 5.91 Å². The molecular weight excluding hydrogens is 887 g/mol. The third kappa shape index (κ3) is 57.4. The van der Waals surface area contributed by atoms with Gasteiger partial charge in [0.15, 0.2) is 0 Å². The molecule has 0 aromatic heterocycles. The lowest BCUT2D eigenvalue weighted by Crippen LogP contribution is -2.45. The van der Waals surface area contributed by atoms with E-state index in [0.29, 0.717) is 19.4 Å². The van der Waals surface area contributed by atoms with Crippen LogP contribution in [0.3, 0.4) is 0 Å². The number of allylic oxidation sites excluding steroid dienone is 5. The molecule has 0 bridgehead atoms. The van der Waals surface area contributed by atoms with Gasteiger partial charge in [0.05, 0.1) is 25.4 Å². The fourth-order valence-electron chi connectivity index (χ4n) is 9.96. The summed E-state index contributed by atoms with van der Waals surface area (Å²) in [6, 6.07) is -0.627. The second-order valence-electron chi connectivity index (χ2n) is 22.1. The zero-order valence-electron chi connectivity index (χ0n) is 48.4. The second-order valence-corrected chi connectivity index (χ2v) is 22.1. The number of rotatable bonds is 60. The molecule has 2 unspecified atom stereocenters. The van der Waals surface area contributed by atoms with Crippen LogP contribution in [0.4, 0.5) is 0 Å². The molecule has 1 amide bonds. The molecule has 2 atom stereocenters. The quantitative estimate of drug-likeness (QED) is 0.0320. The fourth-order valence-corrected chi connectivity index (χ4v) is 9.96. The lowest BCUT2D eigenvalue weighted by molar-refractivity contribution is -0.143. The number of unbranched alkanes of at least 4 members (excludes halogenated alkanes) is 45. The topological polar surface area (TPSA) is 95.9 Å². The summed E-state index contributed by atoms with van der Waals surface area (Å²) in [5.74, 6) is -0.0598. The van der Waals surface area contributed by atoms with Crippen molar-refractivity contribution in [3.63, 3.8) is 0 Å². The third-order valence-corrected chi connectivity index (χ3v) is 14.9. The van der Waals surface area contributed by atoms with E-state index >= 15 is 0 Å². The zero-order valence-corrected chi connectivity index (χ0v) is 48.4. The predicted octanol–water partition coefficient (Wildman–Crippen LogP) is 20.4. The summed E-state index contributed by atoms with van der Waals surface area (Å²) in [6.07, 6.45) is 77.6. The Labute approximate surface area is 449 Å². The first-order chi connectivity index (χ1) is 35.5. The molecule has 6 nitrogen and oxygen atoms in total. The van der Waals surface area contributed by atoms with Crippen LogP contribution < -0.4 is 5.32 Å². The van der Waals surface area contributed by atoms with Gasteiger partial charge in [0.1, 0.15) is 0 Å². The number of amides is 1. The molecule has 72 heavy (non-hydrogen) atoms. The highest BCUT2D eigenvalue weighted by atomic mass is 16.5. The minimum Gasteiger partial charge on any atom is -0.466 e. The van der Waals surface area contributed by atoms with Crippen molar-refractivity contribution in [1.29, 1.82) is 0 Å². The molecule has 0 spiro atoms. The van der Waals surface area contributed by atoms with Gasteiger partial charge in [-0.15, -0.1) is 0 Å². The number of ether oxygens (including phenoxy) is 1. The molecule has 0 aromatic carbocycles. The van der Waals surface area contributed by atoms with Crippen LogP contribution in [0.5, 0.6) is 0 Å². The summed E-state index contributed by atoms with van der Waals surface area (Å²) in [4.78, 5) is 24.6. The van der Waals surface area contributed by atoms with Crippen LogP contribution >= 0.6 is 0 Å². The Bertz CT molecular complexity index is 1170. The van der Waals surface area contributed by atoms with Gasteiger partial charge in [-0.05, 0) is 64.2 Å². The van der Waals surface area contributed by atoms with E-state index in [1.54, 1.807) is 6.08 Å². The number of esters is 1. The standard InChI is InChI=1S/C66H125NO5/c1-3-5-7-9-11-13-15-17-19-20-29-32-36-40-44-48-52-56-60-66(71)72-61-57-53-49-45-41-37-33-30-27-25-23-21-22-24-26-28-31-35-39-43-47-51-55-59-65(70)67-63(62-68)64(69)58-54-50-46-42-38-34-18-16-14-12-10-8-6-4-2/h13,15,19-20,54,58,63-64,68-69H,3-12,14,16-18,21-53,55-57,59-62H2,1-2H3,(H,67,70)/b15-13-,20-19-,58-54+. The van der Waals surface area contributed by atoms with E-state index in [2.05, 4.69) is 43.5 Å². The van der Waals surface area contributed by atoms with Crippen LogP contribution in [-0.2, 0) is 14.3 Å². The van der Waals surface area contributed by atoms with Crippen molar-refractivity contribution >= 4 is 11.9 Å². The van der Waals surface area contributed by atoms with E-state index in [1.807, 2.05) is 6.08 Å². The van der Waals surface area contributed by atoms with E-state index in [4.69, 9.17) is 4.74 Å². The highest BCUT2D eigenvalue weighted by molar-refractivity contribution is 5.76. The van der Waals surface area contributed by atoms with E-state index in [0.717, 1.165) is 51.4 Å². The molecule has 0 saturated heterocycles. The van der Waals surface area contributed by atoms with Gasteiger partial charge in [-0.3, -0.25) is 9.59 Å². The summed E-state index contributed by atoms with van der Waals surface area (Å²) >= 11 is 0. The van der Waals surface area contributed by atoms with Crippen LogP contribution in [0.2, 0.25) is 0 Å². The SMILES string of the molecule is CCCCCC/C=C\C/C=C\CCCCCCCCCC(=O)OCCCCCCCCCCCCCCCCCCCCCCCCCC(=O)NC(CO)C(O)/C=C/CCCCCCCCCCCCCC. The molecule has 0 aliphatic rings. The van der Waals surface area contributed by atoms with E-state index < -0.39 is 12.1 Å². The molecule has 0 aliphatic heterocycles. The lowest BCUT2D eigenvalue weighted by Gasteiger charge is -2.20. The number of nitrogens with one attached hydrogen (secondary N) is 1. The average molecular weight is 1010 g/mol. The Morgan fingerprint density at radius 1 is 0.389 bits per heavy atom. The van der Waals surface area contributed by atoms with Gasteiger partial charge < -0.3 is 20.3 Å². The summed E-state index contributed by atoms with van der Waals surface area (Å²) < 4.78 is 5.50. The molecule has 0 aliphatic carbocycles. The summed E-state index contributed by atoms with van der Waals surface area (Å²) in [6.45, 7) is 4.90. The Balaban J connectivity index is 3.38. The first-order valence-electron chi connectivity index (χ1n) is 32.3. The Morgan fingerprint density at radius 3 is 1.07 bits per heavy atom. The molecular formula is C66H125NO5. The minimum absolute atomic E-state index is 0.00669. The van der Waals surface area contributed by atoms with Crippen LogP contribution in [-0.4, -0.2) is 47.4 Å². The molecule has 0 rings (SSSR count). The Morgan fingerprint density at radius 2 is 0.694 bits per heavy atom. The number of carbonyl (C=O) groups excluding carboxylic acids is 2. The number of hydrogen-bond donors (Lipinski definition) is 3. The van der Waals surface area contributed by atoms with Gasteiger partial charge in [-0.1, -0.05) is 307 Å². The Kier molecular flexibility index (Phi) is 60.0. The van der Waals surface area contributed by atoms with Crippen molar-refractivity contribution in [2.45, 2.75) is 360 Å². The number of aliphatic hydroxyl groups is 2. The van der Waals surface area contributed by atoms with Crippen molar-refractivity contribution in [1.82, 2.24) is 5.32 Å². The smallest absolute Gasteiger partial charge is 0.305 e. The predicted molar refractivity (Wildman–Crippen MR) is 315 cm³/mol. The maximum atomic E-state index is 12.5. The first-order valence-corrected chi connectivity index (χ1v) is 32.3. The van der Waals surface area contributed by atoms with Crippen LogP contribution in [0.1, 0.15) is 348 Å². The fraction of sp³-hybridized carbons (Fsp3) is 0.879. The molecule has 0 radical (unpaired) electrons. The van der Waals surface area contributed by atoms with Gasteiger partial charge in [-0.25, -0.2) is 0 Å². The van der Waals surface area contributed by atoms with Crippen molar-refractivity contribution in [2.24, 2.45) is 0 Å². The molecule has 6 heteroatoms. The summed E-state index contributed by atoms with van der Waals surface area (Å²) in [5, 5.41) is 23.1. The minimum atomic E-state index is -0.844. The second kappa shape index (κ2) is 61.6. The highest BCUT2D eigenvalue weighted by Gasteiger charge is 2.18. The average Bonchev–Trinajstić information content (AvgIpc) is 3.38. The summed E-state index contributed by atoms with van der Waals surface area (Å²) in [7, 11) is 0. The molecule has 0 aromatic rings. The first kappa shape index (κ1) is 70.1. The summed E-state index contributed by atoms with van der Waals surface area (Å²) in [5.41, 5.74) is 0. The van der Waals surface area contributed by atoms with Crippen LogP contribution in [0.25, 0.3) is 0 Å².